The number of fused-ring (bicyclic) bond motifs is 1. The number of rotatable bonds is 1. The Hall–Kier alpha value is -2.35. The van der Waals surface area contributed by atoms with Crippen LogP contribution >= 0.6 is 0 Å². The number of phenols is 1. The van der Waals surface area contributed by atoms with Crippen LogP contribution in [0, 0.1) is 0 Å². The zero-order valence-corrected chi connectivity index (χ0v) is 10.5. The van der Waals surface area contributed by atoms with Crippen LogP contribution in [0.25, 0.3) is 6.08 Å². The lowest BCUT2D eigenvalue weighted by atomic mass is 9.86. The van der Waals surface area contributed by atoms with Gasteiger partial charge in [0, 0.05) is 11.1 Å². The minimum Gasteiger partial charge on any atom is -0.508 e. The van der Waals surface area contributed by atoms with Gasteiger partial charge in [0.15, 0.2) is 5.78 Å². The predicted molar refractivity (Wildman–Crippen MR) is 75.2 cm³/mol. The fourth-order valence-electron chi connectivity index (χ4n) is 2.43. The number of carbonyl (C=O) groups excluding carboxylic acids is 1. The largest absolute Gasteiger partial charge is 0.508 e. The molecule has 0 amide bonds. The molecular weight excluding hydrogens is 236 g/mol. The van der Waals surface area contributed by atoms with Gasteiger partial charge in [-0.1, -0.05) is 36.4 Å². The van der Waals surface area contributed by atoms with Crippen molar-refractivity contribution in [3.63, 3.8) is 0 Å². The quantitative estimate of drug-likeness (QED) is 0.785. The fraction of sp³-hybridized carbons (Fsp3) is 0.118. The summed E-state index contributed by atoms with van der Waals surface area (Å²) < 4.78 is 0. The molecule has 0 aliphatic heterocycles. The number of carbonyl (C=O) groups is 1. The summed E-state index contributed by atoms with van der Waals surface area (Å²) in [6, 6.07) is 14.7. The van der Waals surface area contributed by atoms with Gasteiger partial charge in [-0.15, -0.1) is 0 Å². The monoisotopic (exact) mass is 250 g/mol. The van der Waals surface area contributed by atoms with E-state index in [0.29, 0.717) is 0 Å². The van der Waals surface area contributed by atoms with E-state index in [0.717, 1.165) is 35.1 Å². The Bertz CT molecular complexity index is 651. The fourth-order valence-corrected chi connectivity index (χ4v) is 2.43. The van der Waals surface area contributed by atoms with Crippen molar-refractivity contribution in [2.24, 2.45) is 0 Å². The van der Waals surface area contributed by atoms with Gasteiger partial charge in [0.1, 0.15) is 5.75 Å². The first kappa shape index (κ1) is 11.7. The molecule has 2 aromatic carbocycles. The number of phenolic OH excluding ortho intramolecular Hbond substituents is 1. The standard InChI is InChI=1S/C17H14O2/c18-15-9-5-12(6-10-15)11-14-8-7-13-3-1-2-4-16(13)17(14)19/h1-6,9-11,18H,7-8H2/b14-11+. The molecule has 1 N–H and O–H groups in total. The Labute approximate surface area is 112 Å². The minimum absolute atomic E-state index is 0.120. The maximum Gasteiger partial charge on any atom is 0.189 e. The highest BCUT2D eigenvalue weighted by atomic mass is 16.3. The number of benzene rings is 2. The van der Waals surface area contributed by atoms with E-state index in [4.69, 9.17) is 0 Å². The van der Waals surface area contributed by atoms with E-state index in [1.807, 2.05) is 42.5 Å². The van der Waals surface area contributed by atoms with Crippen molar-refractivity contribution in [3.05, 3.63) is 70.8 Å². The molecule has 0 heterocycles. The number of ketones is 1. The molecule has 1 aliphatic rings. The minimum atomic E-state index is 0.120. The first-order chi connectivity index (χ1) is 9.24. The average Bonchev–Trinajstić information content (AvgIpc) is 2.45. The predicted octanol–water partition coefficient (Wildman–Crippen LogP) is 3.60. The van der Waals surface area contributed by atoms with E-state index >= 15 is 0 Å². The third-order valence-electron chi connectivity index (χ3n) is 3.45. The number of aromatic hydroxyl groups is 1. The van der Waals surface area contributed by atoms with Gasteiger partial charge in [-0.05, 0) is 42.2 Å². The van der Waals surface area contributed by atoms with Crippen LogP contribution in [0.5, 0.6) is 5.75 Å². The summed E-state index contributed by atoms with van der Waals surface area (Å²) in [6.45, 7) is 0. The van der Waals surface area contributed by atoms with Gasteiger partial charge >= 0.3 is 0 Å². The highest BCUT2D eigenvalue weighted by Crippen LogP contribution is 2.26. The molecule has 3 rings (SSSR count). The lowest BCUT2D eigenvalue weighted by Gasteiger charge is -2.17. The van der Waals surface area contributed by atoms with Gasteiger partial charge in [0.25, 0.3) is 0 Å². The third-order valence-corrected chi connectivity index (χ3v) is 3.45. The normalized spacial score (nSPS) is 16.4. The molecule has 0 atom stereocenters. The molecule has 19 heavy (non-hydrogen) atoms. The first-order valence-electron chi connectivity index (χ1n) is 6.36. The maximum atomic E-state index is 12.4. The molecule has 2 heteroatoms. The van der Waals surface area contributed by atoms with E-state index in [1.54, 1.807) is 12.1 Å². The van der Waals surface area contributed by atoms with Gasteiger partial charge in [0.05, 0.1) is 0 Å². The van der Waals surface area contributed by atoms with Crippen LogP contribution < -0.4 is 0 Å². The number of Topliss-reactive ketones (excluding diaryl/α,β-unsaturated/α-hetero) is 1. The Kier molecular flexibility index (Phi) is 2.92. The van der Waals surface area contributed by atoms with Crippen LogP contribution in [0.4, 0.5) is 0 Å². The number of hydrogen-bond acceptors (Lipinski definition) is 2. The molecule has 0 saturated carbocycles. The summed E-state index contributed by atoms with van der Waals surface area (Å²) in [5, 5.41) is 9.26. The van der Waals surface area contributed by atoms with Gasteiger partial charge in [-0.2, -0.15) is 0 Å². The topological polar surface area (TPSA) is 37.3 Å². The van der Waals surface area contributed by atoms with Crippen LogP contribution in [0.1, 0.15) is 27.9 Å². The second-order valence-corrected chi connectivity index (χ2v) is 4.75. The van der Waals surface area contributed by atoms with Crippen molar-refractivity contribution in [3.8, 4) is 5.75 Å². The average molecular weight is 250 g/mol. The zero-order chi connectivity index (χ0) is 13.2. The van der Waals surface area contributed by atoms with Crippen LogP contribution in [0.15, 0.2) is 54.1 Å². The Morgan fingerprint density at radius 2 is 1.68 bits per heavy atom. The van der Waals surface area contributed by atoms with E-state index in [2.05, 4.69) is 0 Å². The summed E-state index contributed by atoms with van der Waals surface area (Å²) >= 11 is 0. The molecule has 0 bridgehead atoms. The molecule has 2 nitrogen and oxygen atoms in total. The first-order valence-corrected chi connectivity index (χ1v) is 6.36. The second kappa shape index (κ2) is 4.73. The van der Waals surface area contributed by atoms with Crippen LogP contribution in [0.2, 0.25) is 0 Å². The lowest BCUT2D eigenvalue weighted by Crippen LogP contribution is -2.13. The van der Waals surface area contributed by atoms with Crippen molar-refractivity contribution < 1.29 is 9.90 Å². The Morgan fingerprint density at radius 3 is 2.47 bits per heavy atom. The number of hydrogen-bond donors (Lipinski definition) is 1. The van der Waals surface area contributed by atoms with Crippen LogP contribution in [-0.4, -0.2) is 10.9 Å². The summed E-state index contributed by atoms with van der Waals surface area (Å²) in [5.41, 5.74) is 3.74. The van der Waals surface area contributed by atoms with Crippen LogP contribution in [-0.2, 0) is 6.42 Å². The van der Waals surface area contributed by atoms with E-state index in [1.165, 1.54) is 0 Å². The molecule has 0 radical (unpaired) electrons. The highest BCUT2D eigenvalue weighted by Gasteiger charge is 2.20. The van der Waals surface area contributed by atoms with Gasteiger partial charge in [-0.3, -0.25) is 4.79 Å². The second-order valence-electron chi connectivity index (χ2n) is 4.75. The molecule has 94 valence electrons. The van der Waals surface area contributed by atoms with E-state index in [9.17, 15) is 9.90 Å². The number of allylic oxidation sites excluding steroid dienone is 1. The van der Waals surface area contributed by atoms with Crippen molar-refractivity contribution in [2.45, 2.75) is 12.8 Å². The Balaban J connectivity index is 1.96. The van der Waals surface area contributed by atoms with E-state index in [-0.39, 0.29) is 11.5 Å². The van der Waals surface area contributed by atoms with Crippen molar-refractivity contribution in [2.75, 3.05) is 0 Å². The molecule has 0 fully saturated rings. The summed E-state index contributed by atoms with van der Waals surface area (Å²) in [4.78, 5) is 12.4. The summed E-state index contributed by atoms with van der Waals surface area (Å²) in [6.07, 6.45) is 3.60. The molecule has 0 spiro atoms. The molecular formula is C17H14O2. The molecule has 0 aromatic heterocycles. The smallest absolute Gasteiger partial charge is 0.189 e. The van der Waals surface area contributed by atoms with E-state index < -0.39 is 0 Å². The van der Waals surface area contributed by atoms with Crippen molar-refractivity contribution in [1.82, 2.24) is 0 Å². The Morgan fingerprint density at radius 1 is 0.947 bits per heavy atom. The van der Waals surface area contributed by atoms with Gasteiger partial charge < -0.3 is 5.11 Å². The van der Waals surface area contributed by atoms with Crippen LogP contribution in [0.3, 0.4) is 0 Å². The van der Waals surface area contributed by atoms with Crippen molar-refractivity contribution in [1.29, 1.82) is 0 Å². The molecule has 2 aromatic rings. The molecule has 1 aliphatic carbocycles. The zero-order valence-electron chi connectivity index (χ0n) is 10.5. The number of aryl methyl sites for hydroxylation is 1. The molecule has 0 unspecified atom stereocenters. The van der Waals surface area contributed by atoms with Gasteiger partial charge in [-0.25, -0.2) is 0 Å². The van der Waals surface area contributed by atoms with Gasteiger partial charge in [0.2, 0.25) is 0 Å². The maximum absolute atomic E-state index is 12.4. The summed E-state index contributed by atoms with van der Waals surface area (Å²) in [5.74, 6) is 0.359. The lowest BCUT2D eigenvalue weighted by molar-refractivity contribution is 0.102. The SMILES string of the molecule is O=C1/C(=C/c2ccc(O)cc2)CCc2ccccc21. The van der Waals surface area contributed by atoms with Crippen molar-refractivity contribution >= 4 is 11.9 Å². The third kappa shape index (κ3) is 2.29. The molecule has 0 saturated heterocycles. The summed E-state index contributed by atoms with van der Waals surface area (Å²) in [7, 11) is 0. The highest BCUT2D eigenvalue weighted by molar-refractivity contribution is 6.13.